The van der Waals surface area contributed by atoms with Gasteiger partial charge in [0.1, 0.15) is 11.5 Å². The number of benzene rings is 2. The van der Waals surface area contributed by atoms with E-state index in [0.717, 1.165) is 44.4 Å². The minimum atomic E-state index is -0.159. The summed E-state index contributed by atoms with van der Waals surface area (Å²) in [5.41, 5.74) is 1.21. The summed E-state index contributed by atoms with van der Waals surface area (Å²) in [5.74, 6) is 0.944. The maximum absolute atomic E-state index is 11.2. The Morgan fingerprint density at radius 3 is 1.76 bits per heavy atom. The van der Waals surface area contributed by atoms with Crippen molar-refractivity contribution in [3.63, 3.8) is 0 Å². The van der Waals surface area contributed by atoms with Crippen molar-refractivity contribution in [1.29, 1.82) is 0 Å². The zero-order valence-electron chi connectivity index (χ0n) is 17.8. The maximum Gasteiger partial charge on any atom is 0.248 e. The Balaban J connectivity index is 0.000000200. The first kappa shape index (κ1) is 27.1. The first-order valence-corrected chi connectivity index (χ1v) is 13.6. The number of nitrogens with one attached hydrogen (secondary N) is 2. The SMILES string of the molecule is BrCCCBr.O=c1ccc2ccc(O)cc2[nH]1.O=c1ccc2ccc(OCCCBr)cc2[nH]1. The fraction of sp³-hybridized carbons (Fsp3) is 0.250. The predicted octanol–water partition coefficient (Wildman–Crippen LogP) is 6.09. The molecule has 0 fully saturated rings. The van der Waals surface area contributed by atoms with E-state index in [1.165, 1.54) is 24.6 Å². The van der Waals surface area contributed by atoms with Gasteiger partial charge in [-0.2, -0.15) is 0 Å². The predicted molar refractivity (Wildman–Crippen MR) is 147 cm³/mol. The van der Waals surface area contributed by atoms with Gasteiger partial charge in [0, 0.05) is 40.3 Å². The molecule has 6 nitrogen and oxygen atoms in total. The number of aromatic amines is 2. The fourth-order valence-electron chi connectivity index (χ4n) is 2.65. The summed E-state index contributed by atoms with van der Waals surface area (Å²) >= 11 is 9.90. The summed E-state index contributed by atoms with van der Waals surface area (Å²) < 4.78 is 5.54. The van der Waals surface area contributed by atoms with Crippen molar-refractivity contribution in [2.45, 2.75) is 12.8 Å². The van der Waals surface area contributed by atoms with Crippen molar-refractivity contribution in [3.8, 4) is 11.5 Å². The highest BCUT2D eigenvalue weighted by Gasteiger charge is 1.98. The number of pyridine rings is 2. The molecule has 3 N–H and O–H groups in total. The number of hydrogen-bond donors (Lipinski definition) is 3. The maximum atomic E-state index is 11.2. The van der Waals surface area contributed by atoms with Gasteiger partial charge < -0.3 is 19.8 Å². The number of rotatable bonds is 6. The number of H-pyrrole nitrogens is 2. The van der Waals surface area contributed by atoms with Crippen molar-refractivity contribution in [3.05, 3.63) is 81.4 Å². The minimum absolute atomic E-state index is 0.0925. The first-order valence-electron chi connectivity index (χ1n) is 10.2. The van der Waals surface area contributed by atoms with E-state index in [9.17, 15) is 9.59 Å². The summed E-state index contributed by atoms with van der Waals surface area (Å²) in [6, 6.07) is 17.1. The van der Waals surface area contributed by atoms with E-state index < -0.39 is 0 Å². The van der Waals surface area contributed by atoms with Gasteiger partial charge in [0.15, 0.2) is 0 Å². The summed E-state index contributed by atoms with van der Waals surface area (Å²) in [6.45, 7) is 0.674. The lowest BCUT2D eigenvalue weighted by atomic mass is 10.2. The standard InChI is InChI=1S/C12H12BrNO2.C9H7NO2.C3H6Br2/c13-6-1-7-16-10-4-2-9-3-5-12(15)14-11(9)8-10;11-7-3-1-6-2-4-9(12)10-8(6)5-7;4-2-1-3-5/h2-5,8H,1,6-7H2,(H,14,15);1-5,11H,(H,10,12);1-3H2. The molecule has 9 heteroatoms. The quantitative estimate of drug-likeness (QED) is 0.175. The molecule has 4 aromatic rings. The van der Waals surface area contributed by atoms with Crippen molar-refractivity contribution >= 4 is 69.6 Å². The summed E-state index contributed by atoms with van der Waals surface area (Å²) in [6.07, 6.45) is 2.18. The van der Waals surface area contributed by atoms with Crippen LogP contribution in [0.1, 0.15) is 12.8 Å². The van der Waals surface area contributed by atoms with Crippen LogP contribution < -0.4 is 15.9 Å². The van der Waals surface area contributed by atoms with Crippen molar-refractivity contribution in [2.24, 2.45) is 0 Å². The highest BCUT2D eigenvalue weighted by atomic mass is 79.9. The van der Waals surface area contributed by atoms with Gasteiger partial charge in [-0.25, -0.2) is 0 Å². The highest BCUT2D eigenvalue weighted by Crippen LogP contribution is 2.18. The number of aromatic hydroxyl groups is 1. The molecule has 0 atom stereocenters. The number of ether oxygens (including phenoxy) is 1. The molecule has 0 aliphatic heterocycles. The van der Waals surface area contributed by atoms with Gasteiger partial charge in [-0.3, -0.25) is 9.59 Å². The molecule has 0 saturated heterocycles. The van der Waals surface area contributed by atoms with Crippen LogP contribution in [0.15, 0.2) is 70.3 Å². The van der Waals surface area contributed by atoms with Crippen LogP contribution in [0, 0.1) is 0 Å². The average Bonchev–Trinajstić information content (AvgIpc) is 2.80. The molecule has 0 spiro atoms. The Kier molecular flexibility index (Phi) is 12.3. The molecule has 0 aliphatic rings. The summed E-state index contributed by atoms with van der Waals surface area (Å²) in [5, 5.41) is 14.2. The molecule has 2 aromatic heterocycles. The summed E-state index contributed by atoms with van der Waals surface area (Å²) in [4.78, 5) is 27.4. The Morgan fingerprint density at radius 2 is 1.21 bits per heavy atom. The molecule has 0 amide bonds. The van der Waals surface area contributed by atoms with Crippen LogP contribution in [0.25, 0.3) is 21.8 Å². The lowest BCUT2D eigenvalue weighted by Gasteiger charge is -2.05. The zero-order valence-corrected chi connectivity index (χ0v) is 22.6. The number of aromatic nitrogens is 2. The van der Waals surface area contributed by atoms with Crippen LogP contribution in [-0.4, -0.2) is 37.7 Å². The second-order valence-corrected chi connectivity index (χ2v) is 9.17. The van der Waals surface area contributed by atoms with E-state index in [1.807, 2.05) is 18.2 Å². The molecule has 0 aliphatic carbocycles. The number of hydrogen-bond acceptors (Lipinski definition) is 4. The van der Waals surface area contributed by atoms with Gasteiger partial charge >= 0.3 is 0 Å². The van der Waals surface area contributed by atoms with Gasteiger partial charge in [0.2, 0.25) is 11.1 Å². The Bertz CT molecular complexity index is 1260. The first-order chi connectivity index (χ1) is 16.0. The van der Waals surface area contributed by atoms with Crippen LogP contribution in [0.2, 0.25) is 0 Å². The number of fused-ring (bicyclic) bond motifs is 2. The molecule has 2 heterocycles. The molecule has 0 saturated carbocycles. The number of halogens is 3. The van der Waals surface area contributed by atoms with Crippen molar-refractivity contribution < 1.29 is 9.84 Å². The number of phenolic OH excluding ortho intramolecular Hbond substituents is 1. The van der Waals surface area contributed by atoms with Gasteiger partial charge in [-0.05, 0) is 60.0 Å². The highest BCUT2D eigenvalue weighted by molar-refractivity contribution is 9.09. The molecule has 33 heavy (non-hydrogen) atoms. The van der Waals surface area contributed by atoms with E-state index in [4.69, 9.17) is 9.84 Å². The van der Waals surface area contributed by atoms with E-state index in [2.05, 4.69) is 57.8 Å². The largest absolute Gasteiger partial charge is 0.508 e. The van der Waals surface area contributed by atoms with Gasteiger partial charge in [-0.15, -0.1) is 0 Å². The number of phenols is 1. The Labute approximate surface area is 216 Å². The smallest absolute Gasteiger partial charge is 0.248 e. The Morgan fingerprint density at radius 1 is 0.697 bits per heavy atom. The molecule has 0 radical (unpaired) electrons. The molecule has 4 rings (SSSR count). The normalized spacial score (nSPS) is 10.2. The van der Waals surface area contributed by atoms with Crippen LogP contribution in [0.5, 0.6) is 11.5 Å². The van der Waals surface area contributed by atoms with E-state index in [-0.39, 0.29) is 16.9 Å². The zero-order chi connectivity index (χ0) is 24.1. The van der Waals surface area contributed by atoms with E-state index >= 15 is 0 Å². The number of alkyl halides is 3. The van der Waals surface area contributed by atoms with Gasteiger partial charge in [0.05, 0.1) is 17.6 Å². The topological polar surface area (TPSA) is 95.2 Å². The fourth-order valence-corrected chi connectivity index (χ4v) is 4.19. The average molecular weight is 645 g/mol. The van der Waals surface area contributed by atoms with Gasteiger partial charge in [-0.1, -0.05) is 47.8 Å². The molecule has 0 unspecified atom stereocenters. The third-order valence-corrected chi connectivity index (χ3v) is 5.90. The van der Waals surface area contributed by atoms with Crippen LogP contribution in [0.3, 0.4) is 0 Å². The monoisotopic (exact) mass is 642 g/mol. The van der Waals surface area contributed by atoms with Crippen molar-refractivity contribution in [2.75, 3.05) is 22.6 Å². The third kappa shape index (κ3) is 9.73. The third-order valence-electron chi connectivity index (χ3n) is 4.22. The molecular weight excluding hydrogens is 620 g/mol. The molecule has 2 aromatic carbocycles. The van der Waals surface area contributed by atoms with Crippen LogP contribution in [0.4, 0.5) is 0 Å². The second-order valence-electron chi connectivity index (χ2n) is 6.79. The summed E-state index contributed by atoms with van der Waals surface area (Å²) in [7, 11) is 0. The van der Waals surface area contributed by atoms with E-state index in [1.54, 1.807) is 24.3 Å². The van der Waals surface area contributed by atoms with Gasteiger partial charge in [0.25, 0.3) is 0 Å². The lowest BCUT2D eigenvalue weighted by molar-refractivity contribution is 0.319. The molecule has 0 bridgehead atoms. The second kappa shape index (κ2) is 14.9. The van der Waals surface area contributed by atoms with E-state index in [0.29, 0.717) is 12.1 Å². The van der Waals surface area contributed by atoms with Crippen molar-refractivity contribution in [1.82, 2.24) is 9.97 Å². The Hall–Kier alpha value is -2.10. The molecular formula is C24H25Br3N2O4. The minimum Gasteiger partial charge on any atom is -0.508 e. The lowest BCUT2D eigenvalue weighted by Crippen LogP contribution is -2.03. The van der Waals surface area contributed by atoms with Crippen LogP contribution >= 0.6 is 47.8 Å². The molecule has 176 valence electrons. The van der Waals surface area contributed by atoms with Crippen LogP contribution in [-0.2, 0) is 0 Å².